The largest absolute Gasteiger partial charge is 0.437 e. The molecule has 7 nitrogen and oxygen atoms in total. The fourth-order valence-electron chi connectivity index (χ4n) is 4.56. The van der Waals surface area contributed by atoms with Gasteiger partial charge in [-0.3, -0.25) is 9.36 Å². The van der Waals surface area contributed by atoms with Crippen LogP contribution < -0.4 is 16.6 Å². The number of aliphatic hydroxyl groups excluding tert-OH is 1. The van der Waals surface area contributed by atoms with Crippen molar-refractivity contribution in [3.05, 3.63) is 70.5 Å². The normalized spacial score (nSPS) is 14.9. The summed E-state index contributed by atoms with van der Waals surface area (Å²) in [5.41, 5.74) is 9.98. The molecule has 0 bridgehead atoms. The summed E-state index contributed by atoms with van der Waals surface area (Å²) in [6, 6.07) is 17.9. The minimum atomic E-state index is -0.238. The lowest BCUT2D eigenvalue weighted by molar-refractivity contribution is 0.253. The predicted molar refractivity (Wildman–Crippen MR) is 130 cm³/mol. The van der Waals surface area contributed by atoms with Crippen LogP contribution in [0, 0.1) is 0 Å². The molecule has 33 heavy (non-hydrogen) atoms. The molecular formula is C26H28N4O3. The first-order chi connectivity index (χ1) is 16.1. The average Bonchev–Trinajstić information content (AvgIpc) is 3.21. The molecule has 4 aromatic rings. The Labute approximate surface area is 191 Å². The maximum absolute atomic E-state index is 13.6. The second-order valence-corrected chi connectivity index (χ2v) is 8.57. The smallest absolute Gasteiger partial charge is 0.266 e. The van der Waals surface area contributed by atoms with E-state index < -0.39 is 0 Å². The van der Waals surface area contributed by atoms with E-state index in [9.17, 15) is 9.90 Å². The van der Waals surface area contributed by atoms with Crippen LogP contribution in [0.3, 0.4) is 0 Å². The molecule has 0 aliphatic heterocycles. The number of hydrogen-bond acceptors (Lipinski definition) is 6. The first kappa shape index (κ1) is 21.4. The van der Waals surface area contributed by atoms with Gasteiger partial charge < -0.3 is 20.6 Å². The van der Waals surface area contributed by atoms with E-state index in [0.717, 1.165) is 41.5 Å². The van der Waals surface area contributed by atoms with Crippen LogP contribution in [0.25, 0.3) is 33.6 Å². The molecule has 4 N–H and O–H groups in total. The first-order valence-corrected chi connectivity index (χ1v) is 11.4. The Morgan fingerprint density at radius 3 is 2.45 bits per heavy atom. The SMILES string of the molecule is CCn1c(NCCO)nc2oc(-c3ccc(C4(N)CCC4)cc3)c(-c3ccccc3)c2c1=O. The minimum absolute atomic E-state index is 0.0642. The van der Waals surface area contributed by atoms with E-state index in [1.54, 1.807) is 4.57 Å². The predicted octanol–water partition coefficient (Wildman–Crippen LogP) is 4.09. The number of rotatable bonds is 7. The monoisotopic (exact) mass is 444 g/mol. The summed E-state index contributed by atoms with van der Waals surface area (Å²) < 4.78 is 7.82. The Balaban J connectivity index is 1.73. The highest BCUT2D eigenvalue weighted by molar-refractivity contribution is 6.00. The molecule has 1 fully saturated rings. The van der Waals surface area contributed by atoms with Gasteiger partial charge in [0.1, 0.15) is 11.1 Å². The van der Waals surface area contributed by atoms with Gasteiger partial charge in [-0.05, 0) is 37.3 Å². The van der Waals surface area contributed by atoms with Crippen molar-refractivity contribution in [3.8, 4) is 22.5 Å². The van der Waals surface area contributed by atoms with Crippen molar-refractivity contribution >= 4 is 17.0 Å². The van der Waals surface area contributed by atoms with Crippen LogP contribution in [-0.4, -0.2) is 27.8 Å². The minimum Gasteiger partial charge on any atom is -0.437 e. The van der Waals surface area contributed by atoms with Crippen molar-refractivity contribution in [3.63, 3.8) is 0 Å². The van der Waals surface area contributed by atoms with Gasteiger partial charge in [0.15, 0.2) is 0 Å². The summed E-state index contributed by atoms with van der Waals surface area (Å²) in [6.45, 7) is 2.56. The van der Waals surface area contributed by atoms with E-state index in [1.165, 1.54) is 0 Å². The van der Waals surface area contributed by atoms with Gasteiger partial charge in [-0.25, -0.2) is 0 Å². The van der Waals surface area contributed by atoms with Crippen LogP contribution in [0.4, 0.5) is 5.95 Å². The second-order valence-electron chi connectivity index (χ2n) is 8.57. The van der Waals surface area contributed by atoms with E-state index in [-0.39, 0.29) is 23.4 Å². The lowest BCUT2D eigenvalue weighted by Gasteiger charge is -2.38. The Morgan fingerprint density at radius 2 is 1.85 bits per heavy atom. The zero-order valence-electron chi connectivity index (χ0n) is 18.7. The number of furan rings is 1. The lowest BCUT2D eigenvalue weighted by Crippen LogP contribution is -2.43. The van der Waals surface area contributed by atoms with Crippen molar-refractivity contribution in [2.24, 2.45) is 5.73 Å². The number of benzene rings is 2. The van der Waals surface area contributed by atoms with Gasteiger partial charge in [0.25, 0.3) is 5.56 Å². The summed E-state index contributed by atoms with van der Waals surface area (Å²) in [4.78, 5) is 18.2. The van der Waals surface area contributed by atoms with E-state index in [4.69, 9.17) is 10.2 Å². The maximum Gasteiger partial charge on any atom is 0.266 e. The number of aromatic nitrogens is 2. The molecule has 0 saturated heterocycles. The number of nitrogens with zero attached hydrogens (tertiary/aromatic N) is 2. The van der Waals surface area contributed by atoms with Crippen molar-refractivity contribution in [2.45, 2.75) is 38.3 Å². The zero-order valence-corrected chi connectivity index (χ0v) is 18.7. The van der Waals surface area contributed by atoms with Gasteiger partial charge in [0.05, 0.1) is 6.61 Å². The Bertz CT molecular complexity index is 1340. The Kier molecular flexibility index (Phi) is 5.52. The number of anilines is 1. The third-order valence-corrected chi connectivity index (χ3v) is 6.55. The summed E-state index contributed by atoms with van der Waals surface area (Å²) in [6.07, 6.45) is 3.15. The zero-order chi connectivity index (χ0) is 23.0. The highest BCUT2D eigenvalue weighted by atomic mass is 16.3. The van der Waals surface area contributed by atoms with Crippen LogP contribution in [-0.2, 0) is 12.1 Å². The van der Waals surface area contributed by atoms with Crippen LogP contribution in [0.15, 0.2) is 63.8 Å². The molecule has 2 heterocycles. The number of aliphatic hydroxyl groups is 1. The summed E-state index contributed by atoms with van der Waals surface area (Å²) in [5, 5.41) is 12.7. The van der Waals surface area contributed by atoms with Gasteiger partial charge >= 0.3 is 0 Å². The summed E-state index contributed by atoms with van der Waals surface area (Å²) >= 11 is 0. The molecule has 7 heteroatoms. The third-order valence-electron chi connectivity index (χ3n) is 6.55. The van der Waals surface area contributed by atoms with E-state index >= 15 is 0 Å². The molecule has 5 rings (SSSR count). The van der Waals surface area contributed by atoms with Gasteiger partial charge in [0, 0.05) is 29.8 Å². The molecule has 1 aliphatic carbocycles. The molecule has 2 aromatic carbocycles. The average molecular weight is 445 g/mol. The summed E-state index contributed by atoms with van der Waals surface area (Å²) in [7, 11) is 0. The van der Waals surface area contributed by atoms with Crippen molar-refractivity contribution < 1.29 is 9.52 Å². The number of hydrogen-bond donors (Lipinski definition) is 3. The quantitative estimate of drug-likeness (QED) is 0.396. The van der Waals surface area contributed by atoms with Gasteiger partial charge in [0.2, 0.25) is 11.7 Å². The molecular weight excluding hydrogens is 416 g/mol. The van der Waals surface area contributed by atoms with Gasteiger partial charge in [-0.2, -0.15) is 4.98 Å². The molecule has 2 aromatic heterocycles. The standard InChI is InChI=1S/C26H28N4O3/c1-2-30-24(32)21-20(17-7-4-3-5-8-17)22(33-23(21)29-25(30)28-15-16-31)18-9-11-19(12-10-18)26(27)13-6-14-26/h3-5,7-12,31H,2,6,13-16,27H2,1H3,(H,28,29). The lowest BCUT2D eigenvalue weighted by atomic mass is 9.72. The Morgan fingerprint density at radius 1 is 1.12 bits per heavy atom. The molecule has 0 amide bonds. The van der Waals surface area contributed by atoms with Crippen LogP contribution in [0.2, 0.25) is 0 Å². The molecule has 170 valence electrons. The summed E-state index contributed by atoms with van der Waals surface area (Å²) in [5.74, 6) is 0.989. The fraction of sp³-hybridized carbons (Fsp3) is 0.308. The second kappa shape index (κ2) is 8.50. The highest BCUT2D eigenvalue weighted by Gasteiger charge is 2.34. The van der Waals surface area contributed by atoms with Gasteiger partial charge in [-0.1, -0.05) is 54.6 Å². The van der Waals surface area contributed by atoms with E-state index in [2.05, 4.69) is 22.4 Å². The molecule has 1 aliphatic rings. The first-order valence-electron chi connectivity index (χ1n) is 11.4. The molecule has 1 saturated carbocycles. The molecule has 0 atom stereocenters. The molecule has 0 spiro atoms. The number of nitrogens with one attached hydrogen (secondary N) is 1. The highest BCUT2D eigenvalue weighted by Crippen LogP contribution is 2.42. The van der Waals surface area contributed by atoms with Crippen molar-refractivity contribution in [1.29, 1.82) is 0 Å². The van der Waals surface area contributed by atoms with E-state index in [0.29, 0.717) is 30.2 Å². The third kappa shape index (κ3) is 3.63. The van der Waals surface area contributed by atoms with Crippen LogP contribution in [0.1, 0.15) is 31.7 Å². The van der Waals surface area contributed by atoms with Crippen molar-refractivity contribution in [1.82, 2.24) is 9.55 Å². The van der Waals surface area contributed by atoms with Crippen molar-refractivity contribution in [2.75, 3.05) is 18.5 Å². The maximum atomic E-state index is 13.6. The Hall–Kier alpha value is -3.42. The number of nitrogens with two attached hydrogens (primary N) is 1. The molecule has 0 unspecified atom stereocenters. The number of fused-ring (bicyclic) bond motifs is 1. The van der Waals surface area contributed by atoms with Gasteiger partial charge in [-0.15, -0.1) is 0 Å². The fourth-order valence-corrected chi connectivity index (χ4v) is 4.56. The molecule has 0 radical (unpaired) electrons. The van der Waals surface area contributed by atoms with Crippen LogP contribution in [0.5, 0.6) is 0 Å². The van der Waals surface area contributed by atoms with Crippen LogP contribution >= 0.6 is 0 Å². The van der Waals surface area contributed by atoms with E-state index in [1.807, 2.05) is 49.4 Å². The topological polar surface area (TPSA) is 106 Å².